The lowest BCUT2D eigenvalue weighted by Crippen LogP contribution is -2.38. The maximum absolute atomic E-state index is 13.6. The van der Waals surface area contributed by atoms with Crippen molar-refractivity contribution in [3.8, 4) is 0 Å². The molecular weight excluding hydrogens is 412 g/mol. The van der Waals surface area contributed by atoms with E-state index in [9.17, 15) is 18.4 Å². The van der Waals surface area contributed by atoms with Crippen molar-refractivity contribution in [1.82, 2.24) is 4.90 Å². The summed E-state index contributed by atoms with van der Waals surface area (Å²) < 4.78 is 32.6. The second-order valence-corrected chi connectivity index (χ2v) is 7.44. The number of amides is 1. The Morgan fingerprint density at radius 3 is 2.47 bits per heavy atom. The van der Waals surface area contributed by atoms with Crippen molar-refractivity contribution in [2.24, 2.45) is 0 Å². The minimum atomic E-state index is -0.723. The van der Waals surface area contributed by atoms with Gasteiger partial charge >= 0.3 is 5.97 Å². The highest BCUT2D eigenvalue weighted by atomic mass is 35.5. The number of esters is 1. The molecule has 1 amide bonds. The molecule has 2 aromatic rings. The molecule has 0 saturated heterocycles. The second-order valence-electron chi connectivity index (χ2n) is 7.00. The fraction of sp³-hybridized carbons (Fsp3) is 0.304. The van der Waals surface area contributed by atoms with Gasteiger partial charge in [0.25, 0.3) is 0 Å². The summed E-state index contributed by atoms with van der Waals surface area (Å²) in [6, 6.07) is 10.1. The zero-order valence-electron chi connectivity index (χ0n) is 16.8. The van der Waals surface area contributed by atoms with Crippen LogP contribution in [0.25, 0.3) is 0 Å². The molecule has 1 aliphatic rings. The predicted molar refractivity (Wildman–Crippen MR) is 110 cm³/mol. The summed E-state index contributed by atoms with van der Waals surface area (Å²) in [6.07, 6.45) is 0.393. The molecule has 4 nitrogen and oxygen atoms in total. The number of ether oxygens (including phenoxy) is 1. The Hall–Kier alpha value is -2.73. The third-order valence-corrected chi connectivity index (χ3v) is 5.24. The van der Waals surface area contributed by atoms with E-state index in [2.05, 4.69) is 0 Å². The number of carbonyl (C=O) groups is 2. The van der Waals surface area contributed by atoms with E-state index >= 15 is 0 Å². The molecule has 1 unspecified atom stereocenters. The minimum Gasteiger partial charge on any atom is -0.463 e. The highest BCUT2D eigenvalue weighted by Crippen LogP contribution is 2.39. The first-order chi connectivity index (χ1) is 14.3. The Balaban J connectivity index is 2.10. The minimum absolute atomic E-state index is 0.0236. The Labute approximate surface area is 179 Å². The van der Waals surface area contributed by atoms with Crippen molar-refractivity contribution in [3.05, 3.63) is 81.5 Å². The summed E-state index contributed by atoms with van der Waals surface area (Å²) in [6.45, 7) is 3.67. The van der Waals surface area contributed by atoms with Gasteiger partial charge in [-0.1, -0.05) is 30.7 Å². The number of benzene rings is 2. The van der Waals surface area contributed by atoms with Crippen molar-refractivity contribution in [2.75, 3.05) is 6.61 Å². The monoisotopic (exact) mass is 433 g/mol. The molecule has 1 atom stereocenters. The maximum atomic E-state index is 13.6. The number of rotatable bonds is 6. The SMILES string of the molecule is CCOC(=O)C1=C(CC)N(Cc2cc(F)cc(F)c2)C(=O)CC1c1cccc(Cl)c1. The van der Waals surface area contributed by atoms with Crippen LogP contribution in [0.3, 0.4) is 0 Å². The van der Waals surface area contributed by atoms with E-state index in [4.69, 9.17) is 16.3 Å². The average molecular weight is 434 g/mol. The third-order valence-electron chi connectivity index (χ3n) is 5.01. The predicted octanol–water partition coefficient (Wildman–Crippen LogP) is 5.36. The summed E-state index contributed by atoms with van der Waals surface area (Å²) in [5.74, 6) is -2.71. The molecule has 30 heavy (non-hydrogen) atoms. The van der Waals surface area contributed by atoms with E-state index in [0.29, 0.717) is 28.3 Å². The van der Waals surface area contributed by atoms with E-state index in [1.54, 1.807) is 25.1 Å². The molecule has 0 radical (unpaired) electrons. The molecule has 1 heterocycles. The molecule has 0 bridgehead atoms. The zero-order chi connectivity index (χ0) is 21.8. The molecule has 158 valence electrons. The fourth-order valence-electron chi connectivity index (χ4n) is 3.81. The van der Waals surface area contributed by atoms with Crippen molar-refractivity contribution >= 4 is 23.5 Å². The Bertz CT molecular complexity index is 985. The lowest BCUT2D eigenvalue weighted by molar-refractivity contribution is -0.140. The largest absolute Gasteiger partial charge is 0.463 e. The number of carbonyl (C=O) groups excluding carboxylic acids is 2. The van der Waals surface area contributed by atoms with Crippen LogP contribution in [0.5, 0.6) is 0 Å². The molecule has 0 fully saturated rings. The summed E-state index contributed by atoms with van der Waals surface area (Å²) in [4.78, 5) is 27.3. The Morgan fingerprint density at radius 1 is 1.17 bits per heavy atom. The van der Waals surface area contributed by atoms with E-state index in [1.807, 2.05) is 13.0 Å². The van der Waals surface area contributed by atoms with E-state index in [1.165, 1.54) is 17.0 Å². The molecule has 0 aromatic heterocycles. The molecular formula is C23H22ClF2NO3. The van der Waals surface area contributed by atoms with Crippen molar-refractivity contribution < 1.29 is 23.1 Å². The van der Waals surface area contributed by atoms with Crippen LogP contribution < -0.4 is 0 Å². The van der Waals surface area contributed by atoms with Crippen LogP contribution in [0.2, 0.25) is 5.02 Å². The lowest BCUT2D eigenvalue weighted by atomic mass is 9.82. The van der Waals surface area contributed by atoms with Crippen LogP contribution in [0.4, 0.5) is 8.78 Å². The molecule has 7 heteroatoms. The standard InChI is InChI=1S/C23H22ClF2NO3/c1-3-20-22(23(29)30-4-2)19(15-6-5-7-16(24)10-15)12-21(28)27(20)13-14-8-17(25)11-18(26)9-14/h5-11,19H,3-4,12-13H2,1-2H3. The van der Waals surface area contributed by atoms with Gasteiger partial charge in [0.1, 0.15) is 11.6 Å². The lowest BCUT2D eigenvalue weighted by Gasteiger charge is -2.35. The first-order valence-corrected chi connectivity index (χ1v) is 10.1. The van der Waals surface area contributed by atoms with E-state index < -0.39 is 23.5 Å². The fourth-order valence-corrected chi connectivity index (χ4v) is 4.01. The highest BCUT2D eigenvalue weighted by molar-refractivity contribution is 6.30. The van der Waals surface area contributed by atoms with Crippen molar-refractivity contribution in [2.45, 2.75) is 39.2 Å². The van der Waals surface area contributed by atoms with Gasteiger partial charge < -0.3 is 9.64 Å². The number of hydrogen-bond acceptors (Lipinski definition) is 3. The zero-order valence-corrected chi connectivity index (χ0v) is 17.5. The highest BCUT2D eigenvalue weighted by Gasteiger charge is 2.38. The topological polar surface area (TPSA) is 46.6 Å². The number of nitrogens with zero attached hydrogens (tertiary/aromatic N) is 1. The molecule has 1 aliphatic heterocycles. The van der Waals surface area contributed by atoms with Gasteiger partial charge in [-0.2, -0.15) is 0 Å². The van der Waals surface area contributed by atoms with Gasteiger partial charge in [-0.25, -0.2) is 13.6 Å². The number of halogens is 3. The van der Waals surface area contributed by atoms with Gasteiger partial charge in [0.15, 0.2) is 0 Å². The van der Waals surface area contributed by atoms with Crippen LogP contribution in [0.1, 0.15) is 43.7 Å². The third kappa shape index (κ3) is 4.70. The summed E-state index contributed by atoms with van der Waals surface area (Å²) in [5.41, 5.74) is 1.90. The molecule has 0 N–H and O–H groups in total. The first-order valence-electron chi connectivity index (χ1n) is 9.75. The normalized spacial score (nSPS) is 16.8. The maximum Gasteiger partial charge on any atom is 0.336 e. The average Bonchev–Trinajstić information content (AvgIpc) is 2.68. The van der Waals surface area contributed by atoms with Gasteiger partial charge in [-0.05, 0) is 48.7 Å². The van der Waals surface area contributed by atoms with Gasteiger partial charge in [0.05, 0.1) is 18.7 Å². The quantitative estimate of drug-likeness (QED) is 0.576. The first kappa shape index (κ1) is 22.0. The molecule has 0 spiro atoms. The van der Waals surface area contributed by atoms with Crippen LogP contribution in [0.15, 0.2) is 53.7 Å². The van der Waals surface area contributed by atoms with Crippen LogP contribution in [-0.4, -0.2) is 23.4 Å². The van der Waals surface area contributed by atoms with Crippen molar-refractivity contribution in [1.29, 1.82) is 0 Å². The van der Waals surface area contributed by atoms with E-state index in [0.717, 1.165) is 11.6 Å². The number of hydrogen-bond donors (Lipinski definition) is 0. The van der Waals surface area contributed by atoms with Gasteiger partial charge in [0.2, 0.25) is 5.91 Å². The van der Waals surface area contributed by atoms with Crippen molar-refractivity contribution in [3.63, 3.8) is 0 Å². The molecule has 0 saturated carbocycles. The smallest absolute Gasteiger partial charge is 0.336 e. The summed E-state index contributed by atoms with van der Waals surface area (Å²) in [5, 5.41) is 0.499. The molecule has 0 aliphatic carbocycles. The van der Waals surface area contributed by atoms with Crippen LogP contribution >= 0.6 is 11.6 Å². The van der Waals surface area contributed by atoms with Gasteiger partial charge in [-0.15, -0.1) is 0 Å². The Kier molecular flexibility index (Phi) is 6.87. The van der Waals surface area contributed by atoms with Crippen LogP contribution in [0, 0.1) is 11.6 Å². The summed E-state index contributed by atoms with van der Waals surface area (Å²) >= 11 is 6.13. The molecule has 2 aromatic carbocycles. The van der Waals surface area contributed by atoms with Gasteiger partial charge in [-0.3, -0.25) is 4.79 Å². The van der Waals surface area contributed by atoms with Gasteiger partial charge in [0, 0.05) is 29.1 Å². The van der Waals surface area contributed by atoms with E-state index in [-0.39, 0.29) is 25.5 Å². The molecule has 3 rings (SSSR count). The Morgan fingerprint density at radius 2 is 1.87 bits per heavy atom. The summed E-state index contributed by atoms with van der Waals surface area (Å²) in [7, 11) is 0. The number of allylic oxidation sites excluding steroid dienone is 1. The second kappa shape index (κ2) is 9.39. The van der Waals surface area contributed by atoms with Crippen LogP contribution in [-0.2, 0) is 20.9 Å².